The number of carbonyl (C=O) groups is 1. The van der Waals surface area contributed by atoms with Crippen molar-refractivity contribution in [2.75, 3.05) is 0 Å². The molecule has 1 heterocycles. The Kier molecular flexibility index (Phi) is 6.74. The zero-order valence-electron chi connectivity index (χ0n) is 19.9. The fourth-order valence-corrected chi connectivity index (χ4v) is 4.36. The first-order valence-electron chi connectivity index (χ1n) is 11.6. The van der Waals surface area contributed by atoms with Gasteiger partial charge in [-0.15, -0.1) is 0 Å². The van der Waals surface area contributed by atoms with Gasteiger partial charge < -0.3 is 14.0 Å². The van der Waals surface area contributed by atoms with Crippen LogP contribution >= 0.6 is 0 Å². The van der Waals surface area contributed by atoms with Crippen molar-refractivity contribution in [1.82, 2.24) is 0 Å². The Hall–Kier alpha value is -1.33. The van der Waals surface area contributed by atoms with Crippen LogP contribution in [0.5, 0.6) is 0 Å². The number of hydrogen-bond acceptors (Lipinski definition) is 4. The number of carbonyl (C=O) groups excluding carboxylic acids is 1. The van der Waals surface area contributed by atoms with Gasteiger partial charge in [0.25, 0.3) is 0 Å². The molecule has 0 amide bonds. The molecule has 0 aromatic heterocycles. The average molecular weight is 414 g/mol. The summed E-state index contributed by atoms with van der Waals surface area (Å²) in [7, 11) is -0.387. The first-order valence-corrected chi connectivity index (χ1v) is 11.6. The van der Waals surface area contributed by atoms with Gasteiger partial charge in [0.15, 0.2) is 0 Å². The number of esters is 1. The van der Waals surface area contributed by atoms with E-state index in [2.05, 4.69) is 39.8 Å². The standard InChI is InChI=1S/C25H39BO4/c1-23(2,3)28-22(27)21(17-18-11-9-8-10-12-18)19-13-15-20(16-14-19)26-29-24(4,5)25(6,7)30-26/h13-16,18,21H,8-12,17H2,1-7H3. The Morgan fingerprint density at radius 1 is 1.03 bits per heavy atom. The van der Waals surface area contributed by atoms with Crippen molar-refractivity contribution in [2.24, 2.45) is 5.92 Å². The summed E-state index contributed by atoms with van der Waals surface area (Å²) in [6, 6.07) is 8.18. The summed E-state index contributed by atoms with van der Waals surface area (Å²) in [5.74, 6) is 0.259. The fraction of sp³-hybridized carbons (Fsp3) is 0.720. The van der Waals surface area contributed by atoms with Gasteiger partial charge in [-0.25, -0.2) is 0 Å². The van der Waals surface area contributed by atoms with E-state index in [0.717, 1.165) is 17.4 Å². The highest BCUT2D eigenvalue weighted by Gasteiger charge is 2.51. The summed E-state index contributed by atoms with van der Waals surface area (Å²) >= 11 is 0. The van der Waals surface area contributed by atoms with Crippen LogP contribution in [0.15, 0.2) is 24.3 Å². The Bertz CT molecular complexity index is 711. The van der Waals surface area contributed by atoms with Crippen LogP contribution in [0.2, 0.25) is 0 Å². The molecule has 2 aliphatic rings. The van der Waals surface area contributed by atoms with Crippen LogP contribution < -0.4 is 5.46 Å². The van der Waals surface area contributed by atoms with Gasteiger partial charge in [-0.3, -0.25) is 4.79 Å². The molecule has 1 atom stereocenters. The lowest BCUT2D eigenvalue weighted by Crippen LogP contribution is -2.41. The van der Waals surface area contributed by atoms with Crippen LogP contribution in [-0.4, -0.2) is 29.9 Å². The van der Waals surface area contributed by atoms with Gasteiger partial charge in [0.2, 0.25) is 0 Å². The van der Waals surface area contributed by atoms with E-state index >= 15 is 0 Å². The van der Waals surface area contributed by atoms with Crippen LogP contribution in [0.1, 0.15) is 98.5 Å². The van der Waals surface area contributed by atoms with Gasteiger partial charge in [0, 0.05) is 0 Å². The van der Waals surface area contributed by atoms with Gasteiger partial charge >= 0.3 is 13.1 Å². The van der Waals surface area contributed by atoms with Crippen molar-refractivity contribution in [3.05, 3.63) is 29.8 Å². The predicted octanol–water partition coefficient (Wildman–Crippen LogP) is 5.38. The molecule has 2 fully saturated rings. The third-order valence-electron chi connectivity index (χ3n) is 6.85. The van der Waals surface area contributed by atoms with Gasteiger partial charge in [-0.1, -0.05) is 56.4 Å². The van der Waals surface area contributed by atoms with Crippen molar-refractivity contribution in [3.63, 3.8) is 0 Å². The van der Waals surface area contributed by atoms with E-state index in [-0.39, 0.29) is 30.2 Å². The molecular formula is C25H39BO4. The topological polar surface area (TPSA) is 44.8 Å². The van der Waals surface area contributed by atoms with Gasteiger partial charge in [0.05, 0.1) is 17.1 Å². The van der Waals surface area contributed by atoms with Crippen molar-refractivity contribution in [3.8, 4) is 0 Å². The molecule has 0 radical (unpaired) electrons. The van der Waals surface area contributed by atoms with E-state index in [0.29, 0.717) is 5.92 Å². The Morgan fingerprint density at radius 2 is 1.57 bits per heavy atom. The Morgan fingerprint density at radius 3 is 2.07 bits per heavy atom. The minimum atomic E-state index is -0.482. The zero-order chi connectivity index (χ0) is 22.2. The largest absolute Gasteiger partial charge is 0.494 e. The molecule has 5 heteroatoms. The molecule has 166 valence electrons. The highest BCUT2D eigenvalue weighted by molar-refractivity contribution is 6.62. The number of rotatable bonds is 5. The monoisotopic (exact) mass is 414 g/mol. The maximum absolute atomic E-state index is 13.1. The summed E-state index contributed by atoms with van der Waals surface area (Å²) in [5.41, 5.74) is 0.796. The molecule has 30 heavy (non-hydrogen) atoms. The zero-order valence-corrected chi connectivity index (χ0v) is 19.9. The minimum Gasteiger partial charge on any atom is -0.459 e. The van der Waals surface area contributed by atoms with Gasteiger partial charge in [-0.2, -0.15) is 0 Å². The smallest absolute Gasteiger partial charge is 0.459 e. The quantitative estimate of drug-likeness (QED) is 0.479. The molecule has 1 aromatic rings. The van der Waals surface area contributed by atoms with E-state index in [1.165, 1.54) is 32.1 Å². The summed E-state index contributed by atoms with van der Waals surface area (Å²) < 4.78 is 18.1. The summed E-state index contributed by atoms with van der Waals surface area (Å²) in [4.78, 5) is 13.1. The van der Waals surface area contributed by atoms with Gasteiger partial charge in [-0.05, 0) is 71.8 Å². The molecule has 0 spiro atoms. The first-order chi connectivity index (χ1) is 13.9. The molecule has 1 aromatic carbocycles. The summed E-state index contributed by atoms with van der Waals surface area (Å²) in [5, 5.41) is 0. The lowest BCUT2D eigenvalue weighted by Gasteiger charge is -2.32. The highest BCUT2D eigenvalue weighted by atomic mass is 16.7. The normalized spacial score (nSPS) is 22.7. The Labute approximate surface area is 183 Å². The van der Waals surface area contributed by atoms with Crippen molar-refractivity contribution in [2.45, 2.75) is 110 Å². The number of ether oxygens (including phenoxy) is 1. The molecule has 0 N–H and O–H groups in total. The highest BCUT2D eigenvalue weighted by Crippen LogP contribution is 2.37. The third-order valence-corrected chi connectivity index (χ3v) is 6.85. The SMILES string of the molecule is CC(C)(C)OC(=O)C(CC1CCCCC1)c1ccc(B2OC(C)(C)C(C)(C)O2)cc1. The lowest BCUT2D eigenvalue weighted by molar-refractivity contribution is -0.157. The van der Waals surface area contributed by atoms with E-state index in [1.54, 1.807) is 0 Å². The van der Waals surface area contributed by atoms with Crippen LogP contribution in [0.25, 0.3) is 0 Å². The van der Waals surface area contributed by atoms with Crippen LogP contribution in [0, 0.1) is 5.92 Å². The van der Waals surface area contributed by atoms with Crippen LogP contribution in [0.4, 0.5) is 0 Å². The maximum atomic E-state index is 13.1. The average Bonchev–Trinajstić information content (AvgIpc) is 2.87. The van der Waals surface area contributed by atoms with E-state index in [1.807, 2.05) is 32.9 Å². The second-order valence-electron chi connectivity index (χ2n) is 11.1. The maximum Gasteiger partial charge on any atom is 0.494 e. The van der Waals surface area contributed by atoms with Crippen LogP contribution in [-0.2, 0) is 18.8 Å². The van der Waals surface area contributed by atoms with Crippen molar-refractivity contribution in [1.29, 1.82) is 0 Å². The molecule has 1 saturated carbocycles. The molecule has 1 unspecified atom stereocenters. The van der Waals surface area contributed by atoms with Gasteiger partial charge in [0.1, 0.15) is 5.60 Å². The molecule has 1 saturated heterocycles. The number of benzene rings is 1. The van der Waals surface area contributed by atoms with E-state index in [4.69, 9.17) is 14.0 Å². The molecule has 1 aliphatic heterocycles. The van der Waals surface area contributed by atoms with E-state index < -0.39 is 5.60 Å². The lowest BCUT2D eigenvalue weighted by atomic mass is 9.76. The Balaban J connectivity index is 1.78. The summed E-state index contributed by atoms with van der Waals surface area (Å²) in [6.07, 6.45) is 7.15. The van der Waals surface area contributed by atoms with Crippen LogP contribution in [0.3, 0.4) is 0 Å². The minimum absolute atomic E-state index is 0.114. The number of hydrogen-bond donors (Lipinski definition) is 0. The molecule has 0 bridgehead atoms. The second-order valence-corrected chi connectivity index (χ2v) is 11.1. The third kappa shape index (κ3) is 5.47. The molecule has 3 rings (SSSR count). The molecule has 1 aliphatic carbocycles. The molecular weight excluding hydrogens is 375 g/mol. The predicted molar refractivity (Wildman–Crippen MR) is 122 cm³/mol. The van der Waals surface area contributed by atoms with Crippen molar-refractivity contribution >= 4 is 18.6 Å². The second kappa shape index (κ2) is 8.66. The fourth-order valence-electron chi connectivity index (χ4n) is 4.36. The first kappa shape index (κ1) is 23.3. The van der Waals surface area contributed by atoms with Crippen molar-refractivity contribution < 1.29 is 18.8 Å². The van der Waals surface area contributed by atoms with E-state index in [9.17, 15) is 4.79 Å². The summed E-state index contributed by atoms with van der Waals surface area (Å²) in [6.45, 7) is 14.0. The molecule has 4 nitrogen and oxygen atoms in total.